The summed E-state index contributed by atoms with van der Waals surface area (Å²) >= 11 is 0. The van der Waals surface area contributed by atoms with Crippen molar-refractivity contribution >= 4 is 5.91 Å². The lowest BCUT2D eigenvalue weighted by atomic mass is 10.0. The number of amides is 1. The van der Waals surface area contributed by atoms with Crippen LogP contribution in [0.2, 0.25) is 0 Å². The molecule has 0 heterocycles. The van der Waals surface area contributed by atoms with Gasteiger partial charge in [0.25, 0.3) is 0 Å². The monoisotopic (exact) mass is 862 g/mol. The average molecular weight is 863 g/mol. The van der Waals surface area contributed by atoms with E-state index in [-0.39, 0.29) is 6.61 Å². The van der Waals surface area contributed by atoms with Crippen LogP contribution < -0.4 is 5.32 Å². The Hall–Kier alpha value is -0.910. The lowest BCUT2D eigenvalue weighted by Gasteiger charge is -2.23. The van der Waals surface area contributed by atoms with Gasteiger partial charge in [-0.3, -0.25) is 4.79 Å². The molecule has 0 spiro atoms. The van der Waals surface area contributed by atoms with E-state index < -0.39 is 24.2 Å². The van der Waals surface area contributed by atoms with Crippen LogP contribution in [0.5, 0.6) is 0 Å². The first kappa shape index (κ1) is 60.1. The Bertz CT molecular complexity index is 864. The molecular formula is C56H111NO4. The molecule has 0 saturated carbocycles. The van der Waals surface area contributed by atoms with Crippen molar-refractivity contribution in [3.63, 3.8) is 0 Å². The average Bonchev–Trinajstić information content (AvgIpc) is 3.26. The van der Waals surface area contributed by atoms with Crippen molar-refractivity contribution in [1.82, 2.24) is 5.32 Å². The first-order valence-electron chi connectivity index (χ1n) is 28.0. The zero-order chi connectivity index (χ0) is 44.4. The third-order valence-corrected chi connectivity index (χ3v) is 13.4. The lowest BCUT2D eigenvalue weighted by molar-refractivity contribution is -0.131. The van der Waals surface area contributed by atoms with Crippen LogP contribution >= 0.6 is 0 Å². The third-order valence-electron chi connectivity index (χ3n) is 13.4. The molecule has 0 rings (SSSR count). The fourth-order valence-corrected chi connectivity index (χ4v) is 9.01. The van der Waals surface area contributed by atoms with Gasteiger partial charge in [-0.05, 0) is 38.5 Å². The number of carbonyl (C=O) groups excluding carboxylic acids is 1. The Morgan fingerprint density at radius 3 is 0.902 bits per heavy atom. The van der Waals surface area contributed by atoms with Gasteiger partial charge in [-0.2, -0.15) is 0 Å². The highest BCUT2D eigenvalue weighted by Crippen LogP contribution is 2.18. The molecule has 0 aromatic carbocycles. The maximum Gasteiger partial charge on any atom is 0.249 e. The number of unbranched alkanes of at least 4 members (excludes halogenated alkanes) is 42. The molecule has 0 aliphatic carbocycles. The molecule has 0 aromatic rings. The molecular weight excluding hydrogens is 751 g/mol. The zero-order valence-corrected chi connectivity index (χ0v) is 41.6. The van der Waals surface area contributed by atoms with Gasteiger partial charge >= 0.3 is 0 Å². The molecule has 3 unspecified atom stereocenters. The summed E-state index contributed by atoms with van der Waals surface area (Å²) in [6.07, 6.45) is 64.1. The number of rotatable bonds is 52. The largest absolute Gasteiger partial charge is 0.394 e. The Morgan fingerprint density at radius 1 is 0.377 bits per heavy atom. The molecule has 0 aromatic heterocycles. The SMILES string of the molecule is CCCCCCCCCCCCCCCC/C=C\CCCCCCCCCCCCCCCCCCC(O)C(=O)NC(CO)C(O)CCCCCCCCCCCCCCC. The van der Waals surface area contributed by atoms with Gasteiger partial charge in [-0.1, -0.05) is 289 Å². The third kappa shape index (κ3) is 46.9. The van der Waals surface area contributed by atoms with Gasteiger partial charge < -0.3 is 20.6 Å². The number of aliphatic hydroxyl groups is 3. The van der Waals surface area contributed by atoms with E-state index in [1.165, 1.54) is 257 Å². The van der Waals surface area contributed by atoms with Crippen molar-refractivity contribution < 1.29 is 20.1 Å². The van der Waals surface area contributed by atoms with Gasteiger partial charge in [0.15, 0.2) is 0 Å². The normalized spacial score (nSPS) is 13.3. The summed E-state index contributed by atoms with van der Waals surface area (Å²) in [7, 11) is 0. The van der Waals surface area contributed by atoms with E-state index in [1.54, 1.807) is 0 Å². The van der Waals surface area contributed by atoms with Crippen LogP contribution in [0, 0.1) is 0 Å². The van der Waals surface area contributed by atoms with Gasteiger partial charge in [0.1, 0.15) is 6.10 Å². The van der Waals surface area contributed by atoms with Crippen LogP contribution in [0.15, 0.2) is 12.2 Å². The first-order valence-corrected chi connectivity index (χ1v) is 28.0. The second-order valence-corrected chi connectivity index (χ2v) is 19.5. The molecule has 364 valence electrons. The van der Waals surface area contributed by atoms with E-state index in [0.29, 0.717) is 12.8 Å². The number of allylic oxidation sites excluding steroid dienone is 2. The molecule has 5 nitrogen and oxygen atoms in total. The van der Waals surface area contributed by atoms with Crippen molar-refractivity contribution in [2.24, 2.45) is 0 Å². The van der Waals surface area contributed by atoms with Gasteiger partial charge in [-0.25, -0.2) is 0 Å². The summed E-state index contributed by atoms with van der Waals surface area (Å²) in [5.74, 6) is -0.466. The summed E-state index contributed by atoms with van der Waals surface area (Å²) in [6.45, 7) is 4.26. The molecule has 0 bridgehead atoms. The summed E-state index contributed by atoms with van der Waals surface area (Å²) in [5.41, 5.74) is 0. The van der Waals surface area contributed by atoms with Crippen LogP contribution in [0.25, 0.3) is 0 Å². The lowest BCUT2D eigenvalue weighted by Crippen LogP contribution is -2.49. The maximum absolute atomic E-state index is 12.5. The van der Waals surface area contributed by atoms with Crippen LogP contribution in [-0.2, 0) is 4.79 Å². The number of hydrogen-bond donors (Lipinski definition) is 4. The molecule has 0 saturated heterocycles. The highest BCUT2D eigenvalue weighted by atomic mass is 16.3. The molecule has 3 atom stereocenters. The van der Waals surface area contributed by atoms with Crippen LogP contribution in [0.1, 0.15) is 316 Å². The van der Waals surface area contributed by atoms with Crippen molar-refractivity contribution in [1.29, 1.82) is 0 Å². The van der Waals surface area contributed by atoms with E-state index >= 15 is 0 Å². The standard InChI is InChI=1S/C56H111NO4/c1-3-5-7-9-11-13-15-17-18-19-20-21-22-23-24-25-26-27-28-29-30-31-32-33-34-35-36-37-39-41-43-45-47-49-51-55(60)56(61)57-53(52-58)54(59)50-48-46-44-42-40-38-16-14-12-10-8-6-4-2/h25-26,53-55,58-60H,3-24,27-52H2,1-2H3,(H,57,61)/b26-25-. The Kier molecular flexibility index (Phi) is 51.0. The van der Waals surface area contributed by atoms with E-state index in [0.717, 1.165) is 32.1 Å². The van der Waals surface area contributed by atoms with Crippen molar-refractivity contribution in [3.8, 4) is 0 Å². The molecule has 5 heteroatoms. The summed E-state index contributed by atoms with van der Waals surface area (Å²) < 4.78 is 0. The van der Waals surface area contributed by atoms with Crippen LogP contribution in [0.3, 0.4) is 0 Å². The molecule has 61 heavy (non-hydrogen) atoms. The van der Waals surface area contributed by atoms with Crippen molar-refractivity contribution in [2.75, 3.05) is 6.61 Å². The molecule has 0 radical (unpaired) electrons. The zero-order valence-electron chi connectivity index (χ0n) is 41.6. The maximum atomic E-state index is 12.5. The van der Waals surface area contributed by atoms with Crippen molar-refractivity contribution in [2.45, 2.75) is 334 Å². The Labute approximate surface area is 382 Å². The van der Waals surface area contributed by atoms with E-state index in [4.69, 9.17) is 0 Å². The predicted octanol–water partition coefficient (Wildman–Crippen LogP) is 17.1. The highest BCUT2D eigenvalue weighted by Gasteiger charge is 2.23. The summed E-state index contributed by atoms with van der Waals surface area (Å²) in [6, 6.07) is -0.708. The van der Waals surface area contributed by atoms with Gasteiger partial charge in [0.05, 0.1) is 18.8 Å². The van der Waals surface area contributed by atoms with E-state index in [1.807, 2.05) is 0 Å². The molecule has 0 aliphatic rings. The summed E-state index contributed by atoms with van der Waals surface area (Å²) in [4.78, 5) is 12.5. The predicted molar refractivity (Wildman–Crippen MR) is 269 cm³/mol. The smallest absolute Gasteiger partial charge is 0.249 e. The minimum Gasteiger partial charge on any atom is -0.394 e. The number of nitrogens with one attached hydrogen (secondary N) is 1. The molecule has 0 fully saturated rings. The molecule has 0 aliphatic heterocycles. The van der Waals surface area contributed by atoms with Crippen LogP contribution in [-0.4, -0.2) is 46.1 Å². The topological polar surface area (TPSA) is 89.8 Å². The minimum absolute atomic E-state index is 0.309. The number of carbonyl (C=O) groups is 1. The molecule has 1 amide bonds. The van der Waals surface area contributed by atoms with Gasteiger partial charge in [0.2, 0.25) is 5.91 Å². The van der Waals surface area contributed by atoms with Gasteiger partial charge in [-0.15, -0.1) is 0 Å². The number of hydrogen-bond acceptors (Lipinski definition) is 4. The Morgan fingerprint density at radius 2 is 0.623 bits per heavy atom. The van der Waals surface area contributed by atoms with Gasteiger partial charge in [0, 0.05) is 0 Å². The fourth-order valence-electron chi connectivity index (χ4n) is 9.01. The van der Waals surface area contributed by atoms with E-state index in [9.17, 15) is 20.1 Å². The fraction of sp³-hybridized carbons (Fsp3) is 0.946. The quantitative estimate of drug-likeness (QED) is 0.0362. The second kappa shape index (κ2) is 51.7. The summed E-state index contributed by atoms with van der Waals surface area (Å²) in [5, 5.41) is 33.4. The minimum atomic E-state index is -1.07. The Balaban J connectivity index is 3.44. The molecule has 4 N–H and O–H groups in total. The first-order chi connectivity index (χ1) is 30.1. The highest BCUT2D eigenvalue weighted by molar-refractivity contribution is 5.80. The second-order valence-electron chi connectivity index (χ2n) is 19.5. The van der Waals surface area contributed by atoms with Crippen LogP contribution in [0.4, 0.5) is 0 Å². The van der Waals surface area contributed by atoms with Crippen molar-refractivity contribution in [3.05, 3.63) is 12.2 Å². The van der Waals surface area contributed by atoms with E-state index in [2.05, 4.69) is 31.3 Å². The number of aliphatic hydroxyl groups excluding tert-OH is 3.